The van der Waals surface area contributed by atoms with Crippen molar-refractivity contribution in [2.24, 2.45) is 0 Å². The molecule has 1 N–H and O–H groups in total. The summed E-state index contributed by atoms with van der Waals surface area (Å²) in [6, 6.07) is 20.9. The van der Waals surface area contributed by atoms with Gasteiger partial charge in [-0.05, 0) is 53.7 Å². The fourth-order valence-electron chi connectivity index (χ4n) is 3.83. The second-order valence-corrected chi connectivity index (χ2v) is 7.72. The number of amides is 1. The number of fused-ring (bicyclic) bond motifs is 1. The third-order valence-corrected chi connectivity index (χ3v) is 5.59. The molecule has 0 saturated carbocycles. The number of hydrogen-bond acceptors (Lipinski definition) is 7. The van der Waals surface area contributed by atoms with E-state index in [2.05, 4.69) is 20.8 Å². The number of nitrogens with one attached hydrogen (secondary N) is 1. The molecule has 0 radical (unpaired) electrons. The third-order valence-electron chi connectivity index (χ3n) is 5.59. The maximum atomic E-state index is 13.4. The number of aromatic nitrogens is 4. The van der Waals surface area contributed by atoms with Gasteiger partial charge < -0.3 is 14.5 Å². The topological polar surface area (TPSA) is 112 Å². The van der Waals surface area contributed by atoms with Gasteiger partial charge in [0.1, 0.15) is 11.3 Å². The molecule has 2 aromatic heterocycles. The Balaban J connectivity index is 1.52. The average molecular weight is 467 g/mol. The van der Waals surface area contributed by atoms with E-state index in [-0.39, 0.29) is 11.5 Å². The summed E-state index contributed by atoms with van der Waals surface area (Å²) in [6.45, 7) is 2.52. The Bertz CT molecular complexity index is 1550. The van der Waals surface area contributed by atoms with Gasteiger partial charge >= 0.3 is 0 Å². The SMILES string of the molecule is CCn1nnnc1-c1cccc(C(=O)Nc2c(C(=O)c3cccc(OC)c3)oc3ccccc23)c1. The molecule has 5 rings (SSSR count). The molecule has 0 aliphatic heterocycles. The molecule has 174 valence electrons. The predicted molar refractivity (Wildman–Crippen MR) is 130 cm³/mol. The summed E-state index contributed by atoms with van der Waals surface area (Å²) in [5.41, 5.74) is 2.27. The number of carbonyl (C=O) groups excluding carboxylic acids is 2. The lowest BCUT2D eigenvalue weighted by atomic mass is 10.1. The molecule has 1 amide bonds. The zero-order valence-corrected chi connectivity index (χ0v) is 19.1. The molecule has 2 heterocycles. The van der Waals surface area contributed by atoms with E-state index < -0.39 is 5.91 Å². The molecule has 0 bridgehead atoms. The van der Waals surface area contributed by atoms with Crippen LogP contribution >= 0.6 is 0 Å². The van der Waals surface area contributed by atoms with Crippen LogP contribution in [0.1, 0.15) is 33.4 Å². The Hall–Kier alpha value is -4.79. The number of furan rings is 1. The average Bonchev–Trinajstić information content (AvgIpc) is 3.53. The molecular weight excluding hydrogens is 446 g/mol. The summed E-state index contributed by atoms with van der Waals surface area (Å²) < 4.78 is 12.8. The number of anilines is 1. The number of aryl methyl sites for hydroxylation is 1. The fraction of sp³-hybridized carbons (Fsp3) is 0.115. The minimum Gasteiger partial charge on any atom is -0.497 e. The van der Waals surface area contributed by atoms with Crippen molar-refractivity contribution >= 4 is 28.3 Å². The van der Waals surface area contributed by atoms with E-state index in [1.165, 1.54) is 7.11 Å². The molecule has 9 nitrogen and oxygen atoms in total. The van der Waals surface area contributed by atoms with Crippen LogP contribution in [-0.2, 0) is 6.54 Å². The van der Waals surface area contributed by atoms with Gasteiger partial charge in [0, 0.05) is 28.6 Å². The molecule has 0 atom stereocenters. The van der Waals surface area contributed by atoms with Crippen molar-refractivity contribution < 1.29 is 18.7 Å². The first kappa shape index (κ1) is 22.0. The van der Waals surface area contributed by atoms with Crippen LogP contribution in [-0.4, -0.2) is 39.0 Å². The Morgan fingerprint density at radius 3 is 2.63 bits per heavy atom. The van der Waals surface area contributed by atoms with Crippen molar-refractivity contribution in [3.63, 3.8) is 0 Å². The van der Waals surface area contributed by atoms with E-state index in [0.29, 0.717) is 51.5 Å². The number of carbonyl (C=O) groups is 2. The van der Waals surface area contributed by atoms with E-state index in [0.717, 1.165) is 0 Å². The standard InChI is InChI=1S/C26H21N5O4/c1-3-31-25(28-29-30-31)17-9-6-10-18(14-17)26(33)27-22-20-12-4-5-13-21(20)35-24(22)23(32)16-8-7-11-19(15-16)34-2/h4-15H,3H2,1-2H3,(H,27,33). The molecule has 9 heteroatoms. The number of rotatable bonds is 7. The van der Waals surface area contributed by atoms with Crippen LogP contribution in [0.4, 0.5) is 5.69 Å². The zero-order valence-electron chi connectivity index (χ0n) is 19.1. The summed E-state index contributed by atoms with van der Waals surface area (Å²) in [5, 5.41) is 15.2. The monoisotopic (exact) mass is 467 g/mol. The molecule has 0 unspecified atom stereocenters. The Labute approximate surface area is 200 Å². The maximum absolute atomic E-state index is 13.4. The van der Waals surface area contributed by atoms with Crippen LogP contribution in [0.15, 0.2) is 77.2 Å². The molecular formula is C26H21N5O4. The minimum atomic E-state index is -0.395. The quantitative estimate of drug-likeness (QED) is 0.348. The highest BCUT2D eigenvalue weighted by atomic mass is 16.5. The van der Waals surface area contributed by atoms with Gasteiger partial charge in [-0.25, -0.2) is 4.68 Å². The van der Waals surface area contributed by atoms with Gasteiger partial charge in [0.25, 0.3) is 5.91 Å². The lowest BCUT2D eigenvalue weighted by Crippen LogP contribution is -2.14. The summed E-state index contributed by atoms with van der Waals surface area (Å²) in [4.78, 5) is 26.7. The minimum absolute atomic E-state index is 0.0406. The number of hydrogen-bond donors (Lipinski definition) is 1. The second-order valence-electron chi connectivity index (χ2n) is 7.72. The van der Waals surface area contributed by atoms with Gasteiger partial charge in [-0.15, -0.1) is 5.10 Å². The lowest BCUT2D eigenvalue weighted by molar-refractivity contribution is 0.101. The summed E-state index contributed by atoms with van der Waals surface area (Å²) in [7, 11) is 1.53. The van der Waals surface area contributed by atoms with E-state index in [9.17, 15) is 9.59 Å². The highest BCUT2D eigenvalue weighted by Crippen LogP contribution is 2.33. The molecule has 35 heavy (non-hydrogen) atoms. The number of methoxy groups -OCH3 is 1. The summed E-state index contributed by atoms with van der Waals surface area (Å²) in [6.07, 6.45) is 0. The first-order valence-corrected chi connectivity index (χ1v) is 11.0. The molecule has 0 aliphatic carbocycles. The number of tetrazole rings is 1. The van der Waals surface area contributed by atoms with E-state index >= 15 is 0 Å². The fourth-order valence-corrected chi connectivity index (χ4v) is 3.83. The van der Waals surface area contributed by atoms with Crippen LogP contribution < -0.4 is 10.1 Å². The van der Waals surface area contributed by atoms with Crippen LogP contribution in [0.3, 0.4) is 0 Å². The van der Waals surface area contributed by atoms with Crippen LogP contribution in [0.25, 0.3) is 22.4 Å². The van der Waals surface area contributed by atoms with Crippen LogP contribution in [0.5, 0.6) is 5.75 Å². The van der Waals surface area contributed by atoms with Crippen molar-refractivity contribution in [1.82, 2.24) is 20.2 Å². The van der Waals surface area contributed by atoms with E-state index in [4.69, 9.17) is 9.15 Å². The van der Waals surface area contributed by atoms with Crippen molar-refractivity contribution in [2.45, 2.75) is 13.5 Å². The Morgan fingerprint density at radius 1 is 1.00 bits per heavy atom. The molecule has 0 saturated heterocycles. The van der Waals surface area contributed by atoms with Gasteiger partial charge in [0.05, 0.1) is 12.8 Å². The highest BCUT2D eigenvalue weighted by molar-refractivity contribution is 6.19. The normalized spacial score (nSPS) is 10.9. The number of ether oxygens (including phenoxy) is 1. The van der Waals surface area contributed by atoms with Gasteiger partial charge in [-0.2, -0.15) is 0 Å². The molecule has 0 fully saturated rings. The summed E-state index contributed by atoms with van der Waals surface area (Å²) >= 11 is 0. The largest absolute Gasteiger partial charge is 0.497 e. The lowest BCUT2D eigenvalue weighted by Gasteiger charge is -2.08. The van der Waals surface area contributed by atoms with Gasteiger partial charge in [-0.1, -0.05) is 36.4 Å². The van der Waals surface area contributed by atoms with E-state index in [1.54, 1.807) is 65.3 Å². The number of nitrogens with zero attached hydrogens (tertiary/aromatic N) is 4. The molecule has 3 aromatic carbocycles. The smallest absolute Gasteiger partial charge is 0.255 e. The first-order valence-electron chi connectivity index (χ1n) is 11.0. The van der Waals surface area contributed by atoms with Crippen molar-refractivity contribution in [3.8, 4) is 17.1 Å². The van der Waals surface area contributed by atoms with Crippen molar-refractivity contribution in [1.29, 1.82) is 0 Å². The summed E-state index contributed by atoms with van der Waals surface area (Å²) in [5.74, 6) is 0.382. The van der Waals surface area contributed by atoms with Crippen molar-refractivity contribution in [3.05, 3.63) is 89.7 Å². The predicted octanol–water partition coefficient (Wildman–Crippen LogP) is 4.60. The first-order chi connectivity index (χ1) is 17.1. The zero-order chi connectivity index (χ0) is 24.4. The molecule has 0 aliphatic rings. The van der Waals surface area contributed by atoms with Gasteiger partial charge in [-0.3, -0.25) is 9.59 Å². The second kappa shape index (κ2) is 9.22. The molecule has 0 spiro atoms. The Morgan fingerprint density at radius 2 is 1.80 bits per heavy atom. The number of para-hydroxylation sites is 1. The third kappa shape index (κ3) is 4.15. The number of benzene rings is 3. The molecule has 5 aromatic rings. The van der Waals surface area contributed by atoms with Crippen molar-refractivity contribution in [2.75, 3.05) is 12.4 Å². The maximum Gasteiger partial charge on any atom is 0.255 e. The van der Waals surface area contributed by atoms with Gasteiger partial charge in [0.2, 0.25) is 5.78 Å². The number of ketones is 1. The van der Waals surface area contributed by atoms with Crippen LogP contribution in [0, 0.1) is 0 Å². The van der Waals surface area contributed by atoms with E-state index in [1.807, 2.05) is 19.1 Å². The van der Waals surface area contributed by atoms with Crippen LogP contribution in [0.2, 0.25) is 0 Å². The van der Waals surface area contributed by atoms with Gasteiger partial charge in [0.15, 0.2) is 11.6 Å². The highest BCUT2D eigenvalue weighted by Gasteiger charge is 2.24. The Kier molecular flexibility index (Phi) is 5.80.